The molecule has 0 bridgehead atoms. The molecule has 2 aromatic heterocycles. The summed E-state index contributed by atoms with van der Waals surface area (Å²) in [4.78, 5) is 16.4. The number of hydrogen-bond acceptors (Lipinski definition) is 6. The number of nitrogens with zero attached hydrogens (tertiary/aromatic N) is 6. The maximum absolute atomic E-state index is 11.5. The first-order valence-corrected chi connectivity index (χ1v) is 12.0. The van der Waals surface area contributed by atoms with E-state index in [4.69, 9.17) is 4.98 Å². The van der Waals surface area contributed by atoms with E-state index in [9.17, 15) is 4.79 Å². The van der Waals surface area contributed by atoms with Gasteiger partial charge in [-0.05, 0) is 44.8 Å². The molecule has 0 saturated carbocycles. The predicted octanol–water partition coefficient (Wildman–Crippen LogP) is 4.11. The molecule has 5 aromatic rings. The van der Waals surface area contributed by atoms with Crippen LogP contribution in [-0.2, 0) is 17.8 Å². The molecule has 9 nitrogen and oxygen atoms in total. The summed E-state index contributed by atoms with van der Waals surface area (Å²) in [6, 6.07) is 22.9. The summed E-state index contributed by atoms with van der Waals surface area (Å²) in [5.41, 5.74) is 10.8. The zero-order valence-corrected chi connectivity index (χ0v) is 19.8. The minimum atomic E-state index is -0.0401. The molecule has 3 heterocycles. The van der Waals surface area contributed by atoms with Crippen molar-refractivity contribution < 1.29 is 4.79 Å². The highest BCUT2D eigenvalue weighted by molar-refractivity contribution is 6.05. The lowest BCUT2D eigenvalue weighted by Crippen LogP contribution is -2.25. The van der Waals surface area contributed by atoms with Gasteiger partial charge in [-0.2, -0.15) is 5.10 Å². The zero-order chi connectivity index (χ0) is 24.5. The average molecular weight is 477 g/mol. The highest BCUT2D eigenvalue weighted by Gasteiger charge is 2.17. The Morgan fingerprint density at radius 1 is 0.944 bits per heavy atom. The van der Waals surface area contributed by atoms with E-state index in [1.807, 2.05) is 30.3 Å². The second kappa shape index (κ2) is 9.18. The third-order valence-corrected chi connectivity index (χ3v) is 6.51. The van der Waals surface area contributed by atoms with Crippen LogP contribution in [-0.4, -0.2) is 41.8 Å². The molecule has 2 N–H and O–H groups in total. The number of tetrazole rings is 1. The van der Waals surface area contributed by atoms with Gasteiger partial charge in [-0.25, -0.2) is 15.5 Å². The number of nitrogens with one attached hydrogen (secondary N) is 2. The van der Waals surface area contributed by atoms with Gasteiger partial charge in [0, 0.05) is 31.4 Å². The third kappa shape index (κ3) is 4.04. The van der Waals surface area contributed by atoms with Gasteiger partial charge in [0.1, 0.15) is 5.82 Å². The van der Waals surface area contributed by atoms with Crippen molar-refractivity contribution in [3.05, 3.63) is 83.7 Å². The van der Waals surface area contributed by atoms with Crippen molar-refractivity contribution in [1.29, 1.82) is 0 Å². The topological polar surface area (TPSA) is 114 Å². The van der Waals surface area contributed by atoms with E-state index in [1.54, 1.807) is 0 Å². The van der Waals surface area contributed by atoms with Crippen molar-refractivity contribution in [3.63, 3.8) is 0 Å². The van der Waals surface area contributed by atoms with Crippen molar-refractivity contribution in [1.82, 2.24) is 35.6 Å². The molecule has 0 fully saturated rings. The fraction of sp³-hybridized carbons (Fsp3) is 0.185. The second-order valence-electron chi connectivity index (χ2n) is 8.76. The van der Waals surface area contributed by atoms with Crippen molar-refractivity contribution in [2.24, 2.45) is 5.10 Å². The number of hydrogen-bond donors (Lipinski definition) is 2. The Labute approximate surface area is 207 Å². The molecule has 1 amide bonds. The van der Waals surface area contributed by atoms with Gasteiger partial charge in [0.25, 0.3) is 0 Å². The van der Waals surface area contributed by atoms with E-state index in [-0.39, 0.29) is 5.91 Å². The number of hydrazone groups is 1. The SMILES string of the molecule is CCc1nc2ccc(C3=NNC(=O)CC3)cc2n1Cc1ccc(-c2ccccc2-c2nnn[nH]2)cc1. The molecule has 178 valence electrons. The summed E-state index contributed by atoms with van der Waals surface area (Å²) >= 11 is 0. The summed E-state index contributed by atoms with van der Waals surface area (Å²) in [5.74, 6) is 1.64. The number of imidazole rings is 1. The predicted molar refractivity (Wildman–Crippen MR) is 137 cm³/mol. The summed E-state index contributed by atoms with van der Waals surface area (Å²) in [6.45, 7) is 2.83. The number of benzene rings is 3. The monoisotopic (exact) mass is 476 g/mol. The largest absolute Gasteiger partial charge is 0.323 e. The minimum Gasteiger partial charge on any atom is -0.323 e. The van der Waals surface area contributed by atoms with Crippen molar-refractivity contribution in [3.8, 4) is 22.5 Å². The Morgan fingerprint density at radius 3 is 2.47 bits per heavy atom. The quantitative estimate of drug-likeness (QED) is 0.383. The first-order valence-electron chi connectivity index (χ1n) is 12.0. The lowest BCUT2D eigenvalue weighted by molar-refractivity contribution is -0.121. The molecule has 0 spiro atoms. The van der Waals surface area contributed by atoms with Crippen LogP contribution in [0.2, 0.25) is 0 Å². The third-order valence-electron chi connectivity index (χ3n) is 6.51. The molecule has 0 saturated heterocycles. The number of aromatic nitrogens is 6. The van der Waals surface area contributed by atoms with Crippen LogP contribution in [0.3, 0.4) is 0 Å². The number of carbonyl (C=O) groups excluding carboxylic acids is 1. The van der Waals surface area contributed by atoms with Crippen LogP contribution >= 0.6 is 0 Å². The van der Waals surface area contributed by atoms with E-state index in [0.717, 1.165) is 51.2 Å². The normalized spacial score (nSPS) is 13.6. The van der Waals surface area contributed by atoms with Gasteiger partial charge >= 0.3 is 0 Å². The number of aryl methyl sites for hydroxylation is 1. The van der Waals surface area contributed by atoms with Gasteiger partial charge in [-0.15, -0.1) is 5.10 Å². The Hall–Kier alpha value is -4.66. The molecule has 0 atom stereocenters. The van der Waals surface area contributed by atoms with E-state index in [0.29, 0.717) is 25.2 Å². The molecule has 0 aliphatic carbocycles. The molecule has 0 unspecified atom stereocenters. The van der Waals surface area contributed by atoms with Gasteiger partial charge < -0.3 is 4.57 Å². The number of carbonyl (C=O) groups is 1. The Bertz CT molecular complexity index is 1580. The van der Waals surface area contributed by atoms with Crippen molar-refractivity contribution in [2.75, 3.05) is 0 Å². The molecule has 3 aromatic carbocycles. The summed E-state index contributed by atoms with van der Waals surface area (Å²) in [6.07, 6.45) is 1.93. The molecular weight excluding hydrogens is 452 g/mol. The second-order valence-corrected chi connectivity index (χ2v) is 8.76. The van der Waals surface area contributed by atoms with E-state index in [2.05, 4.69) is 79.0 Å². The minimum absolute atomic E-state index is 0.0401. The molecule has 9 heteroatoms. The van der Waals surface area contributed by atoms with E-state index < -0.39 is 0 Å². The van der Waals surface area contributed by atoms with Crippen LogP contribution in [0.4, 0.5) is 0 Å². The van der Waals surface area contributed by atoms with E-state index >= 15 is 0 Å². The van der Waals surface area contributed by atoms with Gasteiger partial charge in [-0.3, -0.25) is 4.79 Å². The smallest absolute Gasteiger partial charge is 0.240 e. The van der Waals surface area contributed by atoms with Gasteiger partial charge in [0.05, 0.1) is 16.7 Å². The van der Waals surface area contributed by atoms with Gasteiger partial charge in [0.15, 0.2) is 5.82 Å². The summed E-state index contributed by atoms with van der Waals surface area (Å²) in [5, 5.41) is 18.6. The van der Waals surface area contributed by atoms with E-state index in [1.165, 1.54) is 5.56 Å². The summed E-state index contributed by atoms with van der Waals surface area (Å²) < 4.78 is 2.27. The van der Waals surface area contributed by atoms with Gasteiger partial charge in [-0.1, -0.05) is 61.5 Å². The summed E-state index contributed by atoms with van der Waals surface area (Å²) in [7, 11) is 0. The lowest BCUT2D eigenvalue weighted by atomic mass is 9.98. The lowest BCUT2D eigenvalue weighted by Gasteiger charge is -2.13. The fourth-order valence-corrected chi connectivity index (χ4v) is 4.67. The van der Waals surface area contributed by atoms with Crippen LogP contribution in [0.25, 0.3) is 33.5 Å². The maximum Gasteiger partial charge on any atom is 0.240 e. The molecule has 6 rings (SSSR count). The average Bonchev–Trinajstić information content (AvgIpc) is 3.58. The number of aromatic amines is 1. The first kappa shape index (κ1) is 21.8. The molecule has 1 aliphatic heterocycles. The van der Waals surface area contributed by atoms with Gasteiger partial charge in [0.2, 0.25) is 5.91 Å². The standard InChI is InChI=1S/C27H24N8O/c1-2-25-28-23-12-11-19(22-13-14-26(36)30-29-22)15-24(23)35(25)16-17-7-9-18(10-8-17)20-5-3-4-6-21(20)27-31-33-34-32-27/h3-12,15H,2,13-14,16H2,1H3,(H,30,36)(H,31,32,33,34). The van der Waals surface area contributed by atoms with Crippen LogP contribution < -0.4 is 5.43 Å². The number of amides is 1. The van der Waals surface area contributed by atoms with Crippen molar-refractivity contribution >= 4 is 22.7 Å². The van der Waals surface area contributed by atoms with Crippen LogP contribution in [0.15, 0.2) is 71.8 Å². The number of H-pyrrole nitrogens is 1. The van der Waals surface area contributed by atoms with Crippen molar-refractivity contribution in [2.45, 2.75) is 32.7 Å². The highest BCUT2D eigenvalue weighted by Crippen LogP contribution is 2.30. The first-order chi connectivity index (χ1) is 17.7. The van der Waals surface area contributed by atoms with Crippen LogP contribution in [0, 0.1) is 0 Å². The maximum atomic E-state index is 11.5. The number of rotatable bonds is 6. The molecule has 1 aliphatic rings. The fourth-order valence-electron chi connectivity index (χ4n) is 4.67. The zero-order valence-electron chi connectivity index (χ0n) is 19.8. The molecular formula is C27H24N8O. The van der Waals surface area contributed by atoms with Crippen LogP contribution in [0.1, 0.15) is 36.7 Å². The molecule has 36 heavy (non-hydrogen) atoms. The number of fused-ring (bicyclic) bond motifs is 1. The Kier molecular flexibility index (Phi) is 5.57. The van der Waals surface area contributed by atoms with Crippen LogP contribution in [0.5, 0.6) is 0 Å². The Balaban J connectivity index is 1.33. The highest BCUT2D eigenvalue weighted by atomic mass is 16.2. The Morgan fingerprint density at radius 2 is 1.75 bits per heavy atom. The molecule has 0 radical (unpaired) electrons.